The summed E-state index contributed by atoms with van der Waals surface area (Å²) in [4.78, 5) is 21.7. The van der Waals surface area contributed by atoms with Crippen LogP contribution in [0.1, 0.15) is 11.4 Å². The highest BCUT2D eigenvalue weighted by Gasteiger charge is 2.12. The Morgan fingerprint density at radius 3 is 2.71 bits per heavy atom. The van der Waals surface area contributed by atoms with Gasteiger partial charge >= 0.3 is 0 Å². The van der Waals surface area contributed by atoms with Gasteiger partial charge in [-0.05, 0) is 35.9 Å². The second-order valence-electron chi connectivity index (χ2n) is 6.40. The van der Waals surface area contributed by atoms with E-state index in [4.69, 9.17) is 9.47 Å². The molecule has 4 aromatic rings. The molecule has 0 unspecified atom stereocenters. The first-order chi connectivity index (χ1) is 15.1. The zero-order chi connectivity index (χ0) is 21.8. The summed E-state index contributed by atoms with van der Waals surface area (Å²) in [5.41, 5.74) is 2.56. The number of allylic oxidation sites excluding steroid dienone is 1. The van der Waals surface area contributed by atoms with E-state index in [1.165, 1.54) is 19.2 Å². The van der Waals surface area contributed by atoms with E-state index in [0.29, 0.717) is 28.5 Å². The van der Waals surface area contributed by atoms with Gasteiger partial charge in [0.15, 0.2) is 11.5 Å². The molecule has 152 valence electrons. The molecule has 0 saturated heterocycles. The lowest BCUT2D eigenvalue weighted by Crippen LogP contribution is -1.94. The number of pyridine rings is 1. The monoisotopic (exact) mass is 413 g/mol. The summed E-state index contributed by atoms with van der Waals surface area (Å²) in [5, 5.41) is 20.4. The van der Waals surface area contributed by atoms with Gasteiger partial charge in [-0.25, -0.2) is 9.97 Å². The Morgan fingerprint density at radius 2 is 2.03 bits per heavy atom. The molecule has 0 radical (unpaired) electrons. The van der Waals surface area contributed by atoms with Crippen LogP contribution in [0.5, 0.6) is 17.4 Å². The number of methoxy groups -OCH3 is 1. The number of benzene rings is 2. The van der Waals surface area contributed by atoms with Crippen molar-refractivity contribution in [3.63, 3.8) is 0 Å². The predicted molar refractivity (Wildman–Crippen MR) is 114 cm³/mol. The van der Waals surface area contributed by atoms with E-state index in [2.05, 4.69) is 21.0 Å². The summed E-state index contributed by atoms with van der Waals surface area (Å²) in [7, 11) is 1.49. The van der Waals surface area contributed by atoms with Crippen LogP contribution in [0.4, 0.5) is 5.69 Å². The first kappa shape index (κ1) is 19.6. The molecule has 4 rings (SSSR count). The zero-order valence-corrected chi connectivity index (χ0v) is 16.3. The first-order valence-corrected chi connectivity index (χ1v) is 9.10. The van der Waals surface area contributed by atoms with Crippen LogP contribution in [0.3, 0.4) is 0 Å². The van der Waals surface area contributed by atoms with Crippen LogP contribution in [-0.4, -0.2) is 27.0 Å². The van der Waals surface area contributed by atoms with Crippen molar-refractivity contribution >= 4 is 28.4 Å². The summed E-state index contributed by atoms with van der Waals surface area (Å²) in [6, 6.07) is 17.5. The molecule has 0 aliphatic carbocycles. The predicted octanol–water partition coefficient (Wildman–Crippen LogP) is 4.73. The molecule has 2 aromatic heterocycles. The number of H-pyrrole nitrogens is 1. The van der Waals surface area contributed by atoms with E-state index in [0.717, 1.165) is 17.2 Å². The molecule has 0 bridgehead atoms. The van der Waals surface area contributed by atoms with E-state index in [9.17, 15) is 15.4 Å². The third-order valence-corrected chi connectivity index (χ3v) is 4.41. The van der Waals surface area contributed by atoms with Crippen molar-refractivity contribution in [1.29, 1.82) is 5.26 Å². The molecule has 1 N–H and O–H groups in total. The number of nitriles is 1. The quantitative estimate of drug-likeness (QED) is 0.275. The number of aromatic nitrogens is 3. The Morgan fingerprint density at radius 1 is 1.19 bits per heavy atom. The van der Waals surface area contributed by atoms with Crippen LogP contribution in [0, 0.1) is 21.4 Å². The largest absolute Gasteiger partial charge is 0.493 e. The molecule has 0 saturated carbocycles. The van der Waals surface area contributed by atoms with Gasteiger partial charge in [-0.3, -0.25) is 10.1 Å². The van der Waals surface area contributed by atoms with E-state index in [-0.39, 0.29) is 11.6 Å². The van der Waals surface area contributed by atoms with Crippen LogP contribution in [-0.2, 0) is 0 Å². The number of aromatic amines is 1. The Balaban J connectivity index is 1.62. The maximum atomic E-state index is 10.7. The Bertz CT molecular complexity index is 1300. The Labute approximate surface area is 176 Å². The van der Waals surface area contributed by atoms with E-state index in [1.54, 1.807) is 24.3 Å². The van der Waals surface area contributed by atoms with Crippen LogP contribution < -0.4 is 9.47 Å². The number of nitrogens with zero attached hydrogens (tertiary/aromatic N) is 4. The maximum Gasteiger partial charge on any atom is 0.287 e. The van der Waals surface area contributed by atoms with Crippen molar-refractivity contribution in [2.24, 2.45) is 0 Å². The van der Waals surface area contributed by atoms with Crippen molar-refractivity contribution in [2.45, 2.75) is 0 Å². The molecule has 0 amide bonds. The van der Waals surface area contributed by atoms with Gasteiger partial charge in [0.05, 0.1) is 28.6 Å². The number of imidazole rings is 1. The SMILES string of the molecule is COc1cc(/C=C(\C#N)c2nc3ccccc3[nH]2)ccc1Oc1ccc([N+](=O)[O-])cn1. The third kappa shape index (κ3) is 4.18. The average Bonchev–Trinajstić information content (AvgIpc) is 3.22. The molecule has 9 heteroatoms. The van der Waals surface area contributed by atoms with Gasteiger partial charge in [0, 0.05) is 12.1 Å². The number of ether oxygens (including phenoxy) is 2. The Kier molecular flexibility index (Phi) is 5.27. The molecule has 0 aliphatic rings. The fourth-order valence-corrected chi connectivity index (χ4v) is 2.91. The number of rotatable bonds is 6. The number of hydrogen-bond acceptors (Lipinski definition) is 7. The van der Waals surface area contributed by atoms with E-state index >= 15 is 0 Å². The van der Waals surface area contributed by atoms with Crippen LogP contribution in [0.2, 0.25) is 0 Å². The van der Waals surface area contributed by atoms with Crippen LogP contribution in [0.15, 0.2) is 60.8 Å². The van der Waals surface area contributed by atoms with Crippen LogP contribution in [0.25, 0.3) is 22.7 Å². The van der Waals surface area contributed by atoms with Gasteiger partial charge in [0.2, 0.25) is 5.88 Å². The third-order valence-electron chi connectivity index (χ3n) is 4.41. The Hall–Kier alpha value is -4.71. The molecule has 0 aliphatic heterocycles. The smallest absolute Gasteiger partial charge is 0.287 e. The van der Waals surface area contributed by atoms with Crippen molar-refractivity contribution in [3.05, 3.63) is 82.3 Å². The molecule has 0 spiro atoms. The second kappa shape index (κ2) is 8.34. The minimum Gasteiger partial charge on any atom is -0.493 e. The van der Waals surface area contributed by atoms with Gasteiger partial charge in [-0.1, -0.05) is 18.2 Å². The molecular weight excluding hydrogens is 398 g/mol. The van der Waals surface area contributed by atoms with E-state index in [1.807, 2.05) is 24.3 Å². The molecule has 0 fully saturated rings. The fourth-order valence-electron chi connectivity index (χ4n) is 2.91. The first-order valence-electron chi connectivity index (χ1n) is 9.10. The number of hydrogen-bond donors (Lipinski definition) is 1. The molecule has 2 aromatic carbocycles. The summed E-state index contributed by atoms with van der Waals surface area (Å²) >= 11 is 0. The lowest BCUT2D eigenvalue weighted by atomic mass is 10.1. The molecule has 31 heavy (non-hydrogen) atoms. The maximum absolute atomic E-state index is 10.7. The second-order valence-corrected chi connectivity index (χ2v) is 6.40. The highest BCUT2D eigenvalue weighted by atomic mass is 16.6. The van der Waals surface area contributed by atoms with Gasteiger partial charge in [-0.2, -0.15) is 5.26 Å². The summed E-state index contributed by atoms with van der Waals surface area (Å²) in [6.07, 6.45) is 2.81. The van der Waals surface area contributed by atoms with Gasteiger partial charge in [0.1, 0.15) is 18.1 Å². The fraction of sp³-hybridized carbons (Fsp3) is 0.0455. The van der Waals surface area contributed by atoms with E-state index < -0.39 is 4.92 Å². The van der Waals surface area contributed by atoms with Crippen molar-refractivity contribution in [1.82, 2.24) is 15.0 Å². The lowest BCUT2D eigenvalue weighted by molar-refractivity contribution is -0.385. The topological polar surface area (TPSA) is 127 Å². The number of nitrogens with one attached hydrogen (secondary N) is 1. The summed E-state index contributed by atoms with van der Waals surface area (Å²) in [6.45, 7) is 0. The van der Waals surface area contributed by atoms with Crippen molar-refractivity contribution in [2.75, 3.05) is 7.11 Å². The molecule has 0 atom stereocenters. The molecular formula is C22H15N5O4. The lowest BCUT2D eigenvalue weighted by Gasteiger charge is -2.10. The highest BCUT2D eigenvalue weighted by Crippen LogP contribution is 2.33. The minimum absolute atomic E-state index is 0.130. The summed E-state index contributed by atoms with van der Waals surface area (Å²) in [5.74, 6) is 1.45. The standard InChI is InChI=1S/C22H15N5O4/c1-30-20-11-14(6-8-19(20)31-21-9-7-16(13-24-21)27(28)29)10-15(12-23)22-25-17-4-2-3-5-18(17)26-22/h2-11,13H,1H3,(H,25,26)/b15-10+. The minimum atomic E-state index is -0.534. The van der Waals surface area contributed by atoms with Crippen molar-refractivity contribution < 1.29 is 14.4 Å². The van der Waals surface area contributed by atoms with Gasteiger partial charge in [-0.15, -0.1) is 0 Å². The van der Waals surface area contributed by atoms with Gasteiger partial charge < -0.3 is 14.5 Å². The number of para-hydroxylation sites is 2. The van der Waals surface area contributed by atoms with Crippen molar-refractivity contribution in [3.8, 4) is 23.4 Å². The zero-order valence-electron chi connectivity index (χ0n) is 16.3. The molecule has 2 heterocycles. The summed E-state index contributed by atoms with van der Waals surface area (Å²) < 4.78 is 11.1. The highest BCUT2D eigenvalue weighted by molar-refractivity contribution is 5.90. The normalized spacial score (nSPS) is 11.2. The number of fused-ring (bicyclic) bond motifs is 1. The molecule has 9 nitrogen and oxygen atoms in total. The van der Waals surface area contributed by atoms with Crippen LogP contribution >= 0.6 is 0 Å². The number of nitro groups is 1. The average molecular weight is 413 g/mol. The van der Waals surface area contributed by atoms with Gasteiger partial charge in [0.25, 0.3) is 5.69 Å².